The molecule has 2 aromatic carbocycles. The summed E-state index contributed by atoms with van der Waals surface area (Å²) in [6, 6.07) is 10.7. The summed E-state index contributed by atoms with van der Waals surface area (Å²) in [5.74, 6) is 0.665. The highest BCUT2D eigenvalue weighted by atomic mass is 32.2. The molecule has 1 aromatic heterocycles. The van der Waals surface area contributed by atoms with Gasteiger partial charge in [-0.05, 0) is 36.4 Å². The van der Waals surface area contributed by atoms with E-state index in [0.717, 1.165) is 6.26 Å². The first kappa shape index (κ1) is 17.0. The average Bonchev–Trinajstić information content (AvgIpc) is 3.29. The molecule has 9 nitrogen and oxygen atoms in total. The fourth-order valence-corrected chi connectivity index (χ4v) is 3.12. The Morgan fingerprint density at radius 1 is 1.07 bits per heavy atom. The molecule has 0 spiro atoms. The van der Waals surface area contributed by atoms with Gasteiger partial charge in [-0.15, -0.1) is 5.10 Å². The number of nitrogens with one attached hydrogen (secondary N) is 1. The van der Waals surface area contributed by atoms with Gasteiger partial charge in [0, 0.05) is 17.4 Å². The number of fused-ring (bicyclic) bond motifs is 1. The van der Waals surface area contributed by atoms with Gasteiger partial charge < -0.3 is 13.9 Å². The molecule has 0 atom stereocenters. The van der Waals surface area contributed by atoms with E-state index in [-0.39, 0.29) is 23.6 Å². The number of hydrogen-bond acceptors (Lipinski definition) is 8. The highest BCUT2D eigenvalue weighted by Crippen LogP contribution is 2.32. The van der Waals surface area contributed by atoms with Crippen LogP contribution in [0.5, 0.6) is 11.5 Å². The molecule has 0 saturated heterocycles. The number of rotatable bonds is 4. The Balaban J connectivity index is 1.54. The molecule has 0 fully saturated rings. The molecule has 0 unspecified atom stereocenters. The van der Waals surface area contributed by atoms with Gasteiger partial charge in [-0.3, -0.25) is 10.1 Å². The van der Waals surface area contributed by atoms with Gasteiger partial charge in [-0.25, -0.2) is 8.42 Å². The van der Waals surface area contributed by atoms with Gasteiger partial charge in [0.2, 0.25) is 12.7 Å². The summed E-state index contributed by atoms with van der Waals surface area (Å²) in [5.41, 5.74) is 0.757. The maximum absolute atomic E-state index is 12.3. The van der Waals surface area contributed by atoms with Crippen LogP contribution in [-0.4, -0.2) is 37.6 Å². The zero-order valence-corrected chi connectivity index (χ0v) is 14.8. The zero-order valence-electron chi connectivity index (χ0n) is 14.0. The monoisotopic (exact) mass is 387 g/mol. The lowest BCUT2D eigenvalue weighted by Crippen LogP contribution is -2.12. The van der Waals surface area contributed by atoms with Crippen LogP contribution in [0.2, 0.25) is 0 Å². The minimum absolute atomic E-state index is 0.0847. The summed E-state index contributed by atoms with van der Waals surface area (Å²) in [6.45, 7) is 0.111. The van der Waals surface area contributed by atoms with Crippen molar-refractivity contribution < 1.29 is 27.1 Å². The van der Waals surface area contributed by atoms with Crippen LogP contribution in [0.25, 0.3) is 11.5 Å². The predicted molar refractivity (Wildman–Crippen MR) is 93.4 cm³/mol. The van der Waals surface area contributed by atoms with E-state index >= 15 is 0 Å². The molecule has 1 aliphatic heterocycles. The Morgan fingerprint density at radius 2 is 1.89 bits per heavy atom. The molecule has 0 radical (unpaired) electrons. The molecule has 0 saturated carbocycles. The third kappa shape index (κ3) is 3.47. The fraction of sp³-hybridized carbons (Fsp3) is 0.118. The van der Waals surface area contributed by atoms with Crippen LogP contribution < -0.4 is 14.8 Å². The quantitative estimate of drug-likeness (QED) is 0.723. The van der Waals surface area contributed by atoms with Gasteiger partial charge in [0.25, 0.3) is 5.91 Å². The van der Waals surface area contributed by atoms with Crippen LogP contribution in [0.15, 0.2) is 51.8 Å². The second kappa shape index (κ2) is 6.40. The molecular weight excluding hydrogens is 374 g/mol. The fourth-order valence-electron chi connectivity index (χ4n) is 2.46. The van der Waals surface area contributed by atoms with Crippen molar-refractivity contribution in [3.05, 3.63) is 48.0 Å². The largest absolute Gasteiger partial charge is 0.454 e. The molecule has 4 rings (SSSR count). The van der Waals surface area contributed by atoms with Crippen LogP contribution in [0, 0.1) is 0 Å². The molecule has 138 valence electrons. The van der Waals surface area contributed by atoms with Crippen molar-refractivity contribution in [2.75, 3.05) is 18.4 Å². The number of carbonyl (C=O) groups excluding carboxylic acids is 1. The third-order valence-electron chi connectivity index (χ3n) is 3.79. The van der Waals surface area contributed by atoms with Crippen molar-refractivity contribution in [3.63, 3.8) is 0 Å². The number of amides is 1. The van der Waals surface area contributed by atoms with E-state index in [1.807, 2.05) is 0 Å². The normalized spacial score (nSPS) is 12.8. The SMILES string of the molecule is CS(=O)(=O)c1cccc(-c2nnc(NC(=O)c3ccc4c(c3)OCO4)o2)c1. The number of aromatic nitrogens is 2. The molecule has 2 heterocycles. The number of hydrogen-bond donors (Lipinski definition) is 1. The van der Waals surface area contributed by atoms with E-state index in [4.69, 9.17) is 13.9 Å². The third-order valence-corrected chi connectivity index (χ3v) is 4.90. The van der Waals surface area contributed by atoms with E-state index < -0.39 is 15.7 Å². The van der Waals surface area contributed by atoms with Crippen LogP contribution >= 0.6 is 0 Å². The van der Waals surface area contributed by atoms with Crippen molar-refractivity contribution in [3.8, 4) is 23.0 Å². The predicted octanol–water partition coefficient (Wildman–Crippen LogP) is 2.12. The molecule has 3 aromatic rings. The standard InChI is InChI=1S/C17H13N3O6S/c1-27(22,23)12-4-2-3-11(7-12)16-19-20-17(26-16)18-15(21)10-5-6-13-14(8-10)25-9-24-13/h2-8H,9H2,1H3,(H,18,20,21). The van der Waals surface area contributed by atoms with E-state index in [9.17, 15) is 13.2 Å². The Bertz CT molecular complexity index is 1140. The van der Waals surface area contributed by atoms with Crippen LogP contribution in [-0.2, 0) is 9.84 Å². The van der Waals surface area contributed by atoms with Gasteiger partial charge in [0.15, 0.2) is 21.3 Å². The van der Waals surface area contributed by atoms with E-state index in [0.29, 0.717) is 22.6 Å². The number of nitrogens with zero attached hydrogens (tertiary/aromatic N) is 2. The van der Waals surface area contributed by atoms with Gasteiger partial charge >= 0.3 is 6.01 Å². The summed E-state index contributed by atoms with van der Waals surface area (Å²) in [4.78, 5) is 12.5. The Kier molecular flexibility index (Phi) is 4.04. The average molecular weight is 387 g/mol. The van der Waals surface area contributed by atoms with Crippen molar-refractivity contribution in [2.24, 2.45) is 0 Å². The lowest BCUT2D eigenvalue weighted by Gasteiger charge is -2.02. The molecule has 1 amide bonds. The Hall–Kier alpha value is -3.40. The van der Waals surface area contributed by atoms with Crippen molar-refractivity contribution in [1.29, 1.82) is 0 Å². The minimum atomic E-state index is -3.37. The number of benzene rings is 2. The summed E-state index contributed by atoms with van der Waals surface area (Å²) in [5, 5.41) is 10.1. The van der Waals surface area contributed by atoms with Gasteiger partial charge in [-0.1, -0.05) is 11.2 Å². The Labute approximate surface area is 153 Å². The van der Waals surface area contributed by atoms with Crippen molar-refractivity contribution in [1.82, 2.24) is 10.2 Å². The maximum Gasteiger partial charge on any atom is 0.322 e. The van der Waals surface area contributed by atoms with Crippen LogP contribution in [0.1, 0.15) is 10.4 Å². The highest BCUT2D eigenvalue weighted by molar-refractivity contribution is 7.90. The number of sulfone groups is 1. The summed E-state index contributed by atoms with van der Waals surface area (Å²) >= 11 is 0. The summed E-state index contributed by atoms with van der Waals surface area (Å²) in [6.07, 6.45) is 1.11. The highest BCUT2D eigenvalue weighted by Gasteiger charge is 2.18. The topological polar surface area (TPSA) is 121 Å². The van der Waals surface area contributed by atoms with Gasteiger partial charge in [-0.2, -0.15) is 0 Å². The first-order chi connectivity index (χ1) is 12.9. The second-order valence-corrected chi connectivity index (χ2v) is 7.75. The molecule has 0 aliphatic carbocycles. The number of ether oxygens (including phenoxy) is 2. The lowest BCUT2D eigenvalue weighted by molar-refractivity contribution is 0.102. The molecule has 1 N–H and O–H groups in total. The van der Waals surface area contributed by atoms with Crippen molar-refractivity contribution >= 4 is 21.8 Å². The number of anilines is 1. The zero-order chi connectivity index (χ0) is 19.0. The molecule has 1 aliphatic rings. The minimum Gasteiger partial charge on any atom is -0.454 e. The second-order valence-electron chi connectivity index (χ2n) is 5.73. The molecule has 10 heteroatoms. The molecular formula is C17H13N3O6S. The van der Waals surface area contributed by atoms with E-state index in [2.05, 4.69) is 15.5 Å². The molecule has 27 heavy (non-hydrogen) atoms. The summed E-state index contributed by atoms with van der Waals surface area (Å²) < 4.78 is 39.2. The Morgan fingerprint density at radius 3 is 2.70 bits per heavy atom. The van der Waals surface area contributed by atoms with Crippen molar-refractivity contribution in [2.45, 2.75) is 4.90 Å². The van der Waals surface area contributed by atoms with Gasteiger partial charge in [0.05, 0.1) is 4.90 Å². The van der Waals surface area contributed by atoms with E-state index in [1.165, 1.54) is 12.1 Å². The first-order valence-electron chi connectivity index (χ1n) is 7.75. The van der Waals surface area contributed by atoms with Gasteiger partial charge in [0.1, 0.15) is 0 Å². The smallest absolute Gasteiger partial charge is 0.322 e. The van der Waals surface area contributed by atoms with E-state index in [1.54, 1.807) is 30.3 Å². The lowest BCUT2D eigenvalue weighted by atomic mass is 10.2. The van der Waals surface area contributed by atoms with Crippen LogP contribution in [0.4, 0.5) is 6.01 Å². The van der Waals surface area contributed by atoms with Crippen LogP contribution in [0.3, 0.4) is 0 Å². The number of carbonyl (C=O) groups is 1. The summed E-state index contributed by atoms with van der Waals surface area (Å²) in [7, 11) is -3.37. The first-order valence-corrected chi connectivity index (χ1v) is 9.64. The molecule has 0 bridgehead atoms. The maximum atomic E-state index is 12.3.